The second-order valence-electron chi connectivity index (χ2n) is 5.63. The molecular formula is C12H27BN2O2. The first-order valence-corrected chi connectivity index (χ1v) is 6.52. The number of carbonyl (C=O) groups excluding carboxylic acids is 1. The summed E-state index contributed by atoms with van der Waals surface area (Å²) >= 11 is 0. The Morgan fingerprint density at radius 2 is 1.94 bits per heavy atom. The van der Waals surface area contributed by atoms with Crippen molar-refractivity contribution in [2.24, 2.45) is 0 Å². The van der Waals surface area contributed by atoms with Crippen molar-refractivity contribution in [3.8, 4) is 0 Å². The second kappa shape index (κ2) is 7.72. The van der Waals surface area contributed by atoms with Crippen LogP contribution in [0, 0.1) is 0 Å². The van der Waals surface area contributed by atoms with Crippen LogP contribution in [-0.2, 0) is 4.79 Å². The molecule has 0 aromatic rings. The van der Waals surface area contributed by atoms with Gasteiger partial charge in [-0.3, -0.25) is 4.79 Å². The Labute approximate surface area is 106 Å². The fourth-order valence-corrected chi connectivity index (χ4v) is 1.64. The molecule has 0 aliphatic carbocycles. The molecule has 0 radical (unpaired) electrons. The van der Waals surface area contributed by atoms with E-state index in [4.69, 9.17) is 0 Å². The highest BCUT2D eigenvalue weighted by atomic mass is 16.2. The molecule has 0 aliphatic heterocycles. The van der Waals surface area contributed by atoms with Crippen LogP contribution in [0.2, 0.25) is 6.82 Å². The average molecular weight is 242 g/mol. The molecular weight excluding hydrogens is 215 g/mol. The van der Waals surface area contributed by atoms with Crippen LogP contribution in [0.5, 0.6) is 0 Å². The van der Waals surface area contributed by atoms with Gasteiger partial charge < -0.3 is 15.6 Å². The average Bonchev–Trinajstić information content (AvgIpc) is 2.13. The largest absolute Gasteiger partial charge is 0.437 e. The zero-order valence-electron chi connectivity index (χ0n) is 11.8. The summed E-state index contributed by atoms with van der Waals surface area (Å²) in [7, 11) is -0.660. The molecule has 0 rings (SSSR count). The molecule has 17 heavy (non-hydrogen) atoms. The van der Waals surface area contributed by atoms with Gasteiger partial charge in [-0.05, 0) is 34.0 Å². The summed E-state index contributed by atoms with van der Waals surface area (Å²) in [5.74, 6) is -0.0329. The maximum atomic E-state index is 12.0. The van der Waals surface area contributed by atoms with E-state index in [0.29, 0.717) is 0 Å². The van der Waals surface area contributed by atoms with Crippen LogP contribution in [0.25, 0.3) is 0 Å². The third kappa shape index (κ3) is 9.18. The molecule has 4 nitrogen and oxygen atoms in total. The van der Waals surface area contributed by atoms with Gasteiger partial charge >= 0.3 is 7.05 Å². The minimum absolute atomic E-state index is 0.0329. The molecule has 0 aromatic carbocycles. The summed E-state index contributed by atoms with van der Waals surface area (Å²) in [6.45, 7) is 9.63. The van der Waals surface area contributed by atoms with Gasteiger partial charge in [-0.2, -0.15) is 0 Å². The lowest BCUT2D eigenvalue weighted by molar-refractivity contribution is -0.124. The van der Waals surface area contributed by atoms with Crippen molar-refractivity contribution in [2.45, 2.75) is 71.8 Å². The number of carbonyl (C=O) groups is 1. The zero-order chi connectivity index (χ0) is 13.5. The van der Waals surface area contributed by atoms with E-state index in [2.05, 4.69) is 17.5 Å². The molecule has 1 unspecified atom stereocenters. The van der Waals surface area contributed by atoms with Crippen molar-refractivity contribution in [2.75, 3.05) is 0 Å². The zero-order valence-corrected chi connectivity index (χ0v) is 11.8. The highest BCUT2D eigenvalue weighted by Gasteiger charge is 2.24. The SMILES string of the molecule is CCCCCC(NB(C)O)C(=O)NC(C)(C)C. The van der Waals surface area contributed by atoms with Crippen molar-refractivity contribution in [1.29, 1.82) is 0 Å². The summed E-state index contributed by atoms with van der Waals surface area (Å²) in [6.07, 6.45) is 4.00. The molecule has 0 bridgehead atoms. The Balaban J connectivity index is 4.29. The first-order valence-electron chi connectivity index (χ1n) is 6.52. The molecule has 0 heterocycles. The first-order chi connectivity index (χ1) is 7.76. The van der Waals surface area contributed by atoms with Gasteiger partial charge in [-0.1, -0.05) is 26.2 Å². The number of hydrogen-bond donors (Lipinski definition) is 3. The van der Waals surface area contributed by atoms with Gasteiger partial charge in [0.05, 0.1) is 6.04 Å². The monoisotopic (exact) mass is 242 g/mol. The highest BCUT2D eigenvalue weighted by molar-refractivity contribution is 6.46. The number of hydrogen-bond acceptors (Lipinski definition) is 3. The minimum Gasteiger partial charge on any atom is -0.437 e. The van der Waals surface area contributed by atoms with Gasteiger partial charge in [0.15, 0.2) is 0 Å². The lowest BCUT2D eigenvalue weighted by Gasteiger charge is -2.26. The van der Waals surface area contributed by atoms with E-state index in [1.54, 1.807) is 6.82 Å². The number of amides is 1. The Bertz CT molecular complexity index is 227. The van der Waals surface area contributed by atoms with Crippen molar-refractivity contribution < 1.29 is 9.82 Å². The smallest absolute Gasteiger partial charge is 0.374 e. The third-order valence-electron chi connectivity index (χ3n) is 2.35. The molecule has 3 N–H and O–H groups in total. The third-order valence-corrected chi connectivity index (χ3v) is 2.35. The highest BCUT2D eigenvalue weighted by Crippen LogP contribution is 2.06. The minimum atomic E-state index is -0.660. The molecule has 5 heteroatoms. The summed E-state index contributed by atoms with van der Waals surface area (Å²) in [5.41, 5.74) is -0.236. The maximum Gasteiger partial charge on any atom is 0.374 e. The Morgan fingerprint density at radius 3 is 2.35 bits per heavy atom. The molecule has 0 saturated heterocycles. The van der Waals surface area contributed by atoms with Crippen LogP contribution in [0.4, 0.5) is 0 Å². The summed E-state index contributed by atoms with van der Waals surface area (Å²) < 4.78 is 0. The molecule has 100 valence electrons. The van der Waals surface area contributed by atoms with Crippen LogP contribution in [0.1, 0.15) is 53.4 Å². The lowest BCUT2D eigenvalue weighted by Crippen LogP contribution is -2.53. The maximum absolute atomic E-state index is 12.0. The molecule has 0 fully saturated rings. The molecule has 0 aromatic heterocycles. The van der Waals surface area contributed by atoms with Crippen molar-refractivity contribution in [3.05, 3.63) is 0 Å². The van der Waals surface area contributed by atoms with Gasteiger partial charge in [-0.15, -0.1) is 0 Å². The van der Waals surface area contributed by atoms with E-state index in [-0.39, 0.29) is 17.5 Å². The molecule has 0 aliphatic rings. The van der Waals surface area contributed by atoms with Crippen LogP contribution < -0.4 is 10.5 Å². The van der Waals surface area contributed by atoms with Crippen LogP contribution in [-0.4, -0.2) is 29.6 Å². The standard InChI is InChI=1S/C12H27BN2O2/c1-6-7-8-9-10(15-13(5)17)11(16)14-12(2,3)4/h10,15,17H,6-9H2,1-5H3,(H,14,16). The van der Waals surface area contributed by atoms with E-state index in [0.717, 1.165) is 25.7 Å². The lowest BCUT2D eigenvalue weighted by atomic mass is 9.86. The Morgan fingerprint density at radius 1 is 1.35 bits per heavy atom. The van der Waals surface area contributed by atoms with E-state index in [1.807, 2.05) is 20.8 Å². The topological polar surface area (TPSA) is 61.4 Å². The first kappa shape index (κ1) is 16.5. The van der Waals surface area contributed by atoms with E-state index >= 15 is 0 Å². The number of rotatable bonds is 7. The summed E-state index contributed by atoms with van der Waals surface area (Å²) in [6, 6.07) is -0.305. The molecule has 1 amide bonds. The van der Waals surface area contributed by atoms with Gasteiger partial charge in [0.1, 0.15) is 0 Å². The van der Waals surface area contributed by atoms with E-state index < -0.39 is 7.05 Å². The van der Waals surface area contributed by atoms with Crippen LogP contribution in [0.3, 0.4) is 0 Å². The summed E-state index contributed by atoms with van der Waals surface area (Å²) in [5, 5.41) is 15.2. The van der Waals surface area contributed by atoms with E-state index in [9.17, 15) is 9.82 Å². The van der Waals surface area contributed by atoms with Gasteiger partial charge in [0, 0.05) is 5.54 Å². The van der Waals surface area contributed by atoms with E-state index in [1.165, 1.54) is 0 Å². The van der Waals surface area contributed by atoms with Crippen molar-refractivity contribution in [3.63, 3.8) is 0 Å². The fourth-order valence-electron chi connectivity index (χ4n) is 1.64. The fraction of sp³-hybridized carbons (Fsp3) is 0.917. The van der Waals surface area contributed by atoms with Crippen LogP contribution >= 0.6 is 0 Å². The summed E-state index contributed by atoms with van der Waals surface area (Å²) in [4.78, 5) is 12.0. The quantitative estimate of drug-likeness (QED) is 0.469. The predicted molar refractivity (Wildman–Crippen MR) is 72.8 cm³/mol. The normalized spacial score (nSPS) is 13.3. The Hall–Kier alpha value is -0.545. The van der Waals surface area contributed by atoms with Gasteiger partial charge in [0.2, 0.25) is 5.91 Å². The van der Waals surface area contributed by atoms with Gasteiger partial charge in [-0.25, -0.2) is 0 Å². The van der Waals surface area contributed by atoms with Crippen LogP contribution in [0.15, 0.2) is 0 Å². The second-order valence-corrected chi connectivity index (χ2v) is 5.63. The Kier molecular flexibility index (Phi) is 7.47. The molecule has 0 saturated carbocycles. The van der Waals surface area contributed by atoms with Crippen molar-refractivity contribution >= 4 is 13.0 Å². The molecule has 1 atom stereocenters. The predicted octanol–water partition coefficient (Wildman–Crippen LogP) is 1.55. The number of nitrogens with one attached hydrogen (secondary N) is 2. The number of unbranched alkanes of at least 4 members (excludes halogenated alkanes) is 2. The molecule has 0 spiro atoms. The van der Waals surface area contributed by atoms with Crippen molar-refractivity contribution in [1.82, 2.24) is 10.5 Å². The van der Waals surface area contributed by atoms with Gasteiger partial charge in [0.25, 0.3) is 0 Å².